The van der Waals surface area contributed by atoms with Crippen molar-refractivity contribution in [1.82, 2.24) is 10.3 Å². The second kappa shape index (κ2) is 6.32. The number of nitrogen functional groups attached to an aromatic ring is 1. The molecule has 0 aliphatic carbocycles. The van der Waals surface area contributed by atoms with Gasteiger partial charge in [0.2, 0.25) is 0 Å². The van der Waals surface area contributed by atoms with E-state index >= 15 is 0 Å². The molecule has 1 amide bonds. The maximum absolute atomic E-state index is 12.4. The van der Waals surface area contributed by atoms with Gasteiger partial charge in [0.1, 0.15) is 5.69 Å². The van der Waals surface area contributed by atoms with E-state index in [4.69, 9.17) is 5.84 Å². The number of carbonyl (C=O) groups is 1. The van der Waals surface area contributed by atoms with Gasteiger partial charge in [-0.2, -0.15) is 11.8 Å². The third-order valence-corrected chi connectivity index (χ3v) is 4.71. The number of pyridine rings is 1. The summed E-state index contributed by atoms with van der Waals surface area (Å²) in [6.45, 7) is 0. The maximum Gasteiger partial charge on any atom is 0.270 e. The number of nitrogens with zero attached hydrogens (tertiary/aromatic N) is 1. The number of aromatic nitrogens is 1. The van der Waals surface area contributed by atoms with Crippen molar-refractivity contribution in [1.29, 1.82) is 0 Å². The van der Waals surface area contributed by atoms with Crippen molar-refractivity contribution >= 4 is 34.3 Å². The summed E-state index contributed by atoms with van der Waals surface area (Å²) in [4.78, 5) is 16.8. The van der Waals surface area contributed by atoms with Crippen LogP contribution in [0.25, 0.3) is 10.9 Å². The second-order valence-corrected chi connectivity index (χ2v) is 6.30. The first kappa shape index (κ1) is 14.2. The number of fused-ring (bicyclic) bond motifs is 1. The summed E-state index contributed by atoms with van der Waals surface area (Å²) in [5.74, 6) is 7.63. The molecule has 1 aliphatic heterocycles. The summed E-state index contributed by atoms with van der Waals surface area (Å²) in [6, 6.07) is 9.58. The Hall–Kier alpha value is -1.79. The Morgan fingerprint density at radius 3 is 2.81 bits per heavy atom. The number of hydrogen-bond donors (Lipinski definition) is 3. The summed E-state index contributed by atoms with van der Waals surface area (Å²) in [5.41, 5.74) is 4.52. The molecule has 0 spiro atoms. The number of nitrogens with one attached hydrogen (secondary N) is 2. The highest BCUT2D eigenvalue weighted by Gasteiger charge is 2.18. The predicted molar refractivity (Wildman–Crippen MR) is 87.4 cm³/mol. The van der Waals surface area contributed by atoms with E-state index in [-0.39, 0.29) is 11.9 Å². The monoisotopic (exact) mass is 302 g/mol. The molecule has 3 rings (SSSR count). The number of carbonyl (C=O) groups excluding carboxylic acids is 1. The Bertz CT molecular complexity index is 655. The zero-order valence-electron chi connectivity index (χ0n) is 11.6. The lowest BCUT2D eigenvalue weighted by atomic mass is 10.1. The fourth-order valence-corrected chi connectivity index (χ4v) is 3.62. The number of hydrogen-bond acceptors (Lipinski definition) is 5. The van der Waals surface area contributed by atoms with Crippen LogP contribution in [0.15, 0.2) is 30.3 Å². The van der Waals surface area contributed by atoms with Crippen LogP contribution in [0.1, 0.15) is 23.3 Å². The van der Waals surface area contributed by atoms with E-state index < -0.39 is 0 Å². The van der Waals surface area contributed by atoms with Crippen LogP contribution in [0.4, 0.5) is 5.69 Å². The van der Waals surface area contributed by atoms with Gasteiger partial charge in [-0.1, -0.05) is 18.2 Å². The van der Waals surface area contributed by atoms with Gasteiger partial charge in [-0.05, 0) is 36.5 Å². The van der Waals surface area contributed by atoms with Crippen molar-refractivity contribution in [2.24, 2.45) is 5.84 Å². The van der Waals surface area contributed by atoms with Crippen LogP contribution in [0.3, 0.4) is 0 Å². The molecule has 2 aromatic rings. The molecule has 5 nitrogen and oxygen atoms in total. The van der Waals surface area contributed by atoms with E-state index in [0.717, 1.165) is 35.3 Å². The lowest BCUT2D eigenvalue weighted by Gasteiger charge is -2.22. The first-order valence-corrected chi connectivity index (χ1v) is 8.18. The summed E-state index contributed by atoms with van der Waals surface area (Å²) in [7, 11) is 0. The molecule has 1 aliphatic rings. The van der Waals surface area contributed by atoms with Gasteiger partial charge in [-0.25, -0.2) is 4.98 Å². The molecule has 1 aromatic carbocycles. The van der Waals surface area contributed by atoms with Crippen molar-refractivity contribution in [2.75, 3.05) is 16.9 Å². The van der Waals surface area contributed by atoms with E-state index in [2.05, 4.69) is 15.7 Å². The SMILES string of the molecule is NNc1cc(C(=O)NC2CCSCC2)nc2ccccc12. The molecule has 1 fully saturated rings. The minimum absolute atomic E-state index is 0.130. The Kier molecular flexibility index (Phi) is 4.26. The Balaban J connectivity index is 1.87. The van der Waals surface area contributed by atoms with Gasteiger partial charge < -0.3 is 10.7 Å². The second-order valence-electron chi connectivity index (χ2n) is 5.08. The number of amides is 1. The minimum Gasteiger partial charge on any atom is -0.348 e. The van der Waals surface area contributed by atoms with Gasteiger partial charge in [0.05, 0.1) is 11.2 Å². The summed E-state index contributed by atoms with van der Waals surface area (Å²) >= 11 is 1.94. The molecule has 0 atom stereocenters. The molecule has 1 saturated heterocycles. The topological polar surface area (TPSA) is 80.0 Å². The summed E-state index contributed by atoms with van der Waals surface area (Å²) < 4.78 is 0. The number of nitrogens with two attached hydrogens (primary N) is 1. The van der Waals surface area contributed by atoms with Gasteiger partial charge >= 0.3 is 0 Å². The minimum atomic E-state index is -0.130. The number of para-hydroxylation sites is 1. The molecule has 2 heterocycles. The average molecular weight is 302 g/mol. The van der Waals surface area contributed by atoms with Crippen LogP contribution in [0, 0.1) is 0 Å². The molecule has 0 bridgehead atoms. The molecule has 1 aromatic heterocycles. The van der Waals surface area contributed by atoms with Gasteiger partial charge in [0.25, 0.3) is 5.91 Å². The first-order chi connectivity index (χ1) is 10.3. The predicted octanol–water partition coefficient (Wildman–Crippen LogP) is 2.15. The van der Waals surface area contributed by atoms with Crippen LogP contribution in [-0.2, 0) is 0 Å². The Labute approximate surface area is 127 Å². The number of anilines is 1. The van der Waals surface area contributed by atoms with Crippen molar-refractivity contribution in [2.45, 2.75) is 18.9 Å². The van der Waals surface area contributed by atoms with E-state index in [1.54, 1.807) is 6.07 Å². The van der Waals surface area contributed by atoms with Gasteiger partial charge in [0.15, 0.2) is 0 Å². The highest BCUT2D eigenvalue weighted by molar-refractivity contribution is 7.99. The van der Waals surface area contributed by atoms with Crippen LogP contribution < -0.4 is 16.6 Å². The van der Waals surface area contributed by atoms with Crippen LogP contribution in [-0.4, -0.2) is 28.4 Å². The molecule has 6 heteroatoms. The zero-order valence-corrected chi connectivity index (χ0v) is 12.5. The summed E-state index contributed by atoms with van der Waals surface area (Å²) in [5, 5.41) is 3.98. The van der Waals surface area contributed by atoms with E-state index in [0.29, 0.717) is 11.4 Å². The average Bonchev–Trinajstić information content (AvgIpc) is 2.54. The van der Waals surface area contributed by atoms with E-state index in [9.17, 15) is 4.79 Å². The first-order valence-electron chi connectivity index (χ1n) is 7.03. The normalized spacial score (nSPS) is 15.9. The molecule has 4 N–H and O–H groups in total. The van der Waals surface area contributed by atoms with Crippen LogP contribution in [0.5, 0.6) is 0 Å². The van der Waals surface area contributed by atoms with Gasteiger partial charge in [-0.15, -0.1) is 0 Å². The number of benzene rings is 1. The molecule has 110 valence electrons. The lowest BCUT2D eigenvalue weighted by Crippen LogP contribution is -2.37. The molecule has 0 unspecified atom stereocenters. The van der Waals surface area contributed by atoms with Gasteiger partial charge in [-0.3, -0.25) is 10.6 Å². The van der Waals surface area contributed by atoms with Crippen molar-refractivity contribution < 1.29 is 4.79 Å². The fourth-order valence-electron chi connectivity index (χ4n) is 2.51. The molecular formula is C15H18N4OS. The van der Waals surface area contributed by atoms with E-state index in [1.165, 1.54) is 0 Å². The molecular weight excluding hydrogens is 284 g/mol. The van der Waals surface area contributed by atoms with Crippen molar-refractivity contribution in [3.05, 3.63) is 36.0 Å². The Morgan fingerprint density at radius 1 is 1.29 bits per heavy atom. The van der Waals surface area contributed by atoms with Crippen LogP contribution >= 0.6 is 11.8 Å². The highest BCUT2D eigenvalue weighted by atomic mass is 32.2. The highest BCUT2D eigenvalue weighted by Crippen LogP contribution is 2.23. The quantitative estimate of drug-likeness (QED) is 0.598. The summed E-state index contributed by atoms with van der Waals surface area (Å²) in [6.07, 6.45) is 2.04. The number of rotatable bonds is 3. The number of thioether (sulfide) groups is 1. The Morgan fingerprint density at radius 2 is 2.05 bits per heavy atom. The van der Waals surface area contributed by atoms with Crippen LogP contribution in [0.2, 0.25) is 0 Å². The molecule has 0 saturated carbocycles. The lowest BCUT2D eigenvalue weighted by molar-refractivity contribution is 0.0930. The van der Waals surface area contributed by atoms with Crippen molar-refractivity contribution in [3.63, 3.8) is 0 Å². The van der Waals surface area contributed by atoms with Gasteiger partial charge in [0, 0.05) is 11.4 Å². The van der Waals surface area contributed by atoms with E-state index in [1.807, 2.05) is 36.0 Å². The zero-order chi connectivity index (χ0) is 14.7. The third-order valence-electron chi connectivity index (χ3n) is 3.66. The standard InChI is InChI=1S/C15H18N4OS/c16-19-13-9-14(18-12-4-2-1-3-11(12)13)15(20)17-10-5-7-21-8-6-10/h1-4,9-10H,5-8,16H2,(H,17,20)(H,18,19). The van der Waals surface area contributed by atoms with Crippen molar-refractivity contribution in [3.8, 4) is 0 Å². The maximum atomic E-state index is 12.4. The largest absolute Gasteiger partial charge is 0.348 e. The molecule has 0 radical (unpaired) electrons. The fraction of sp³-hybridized carbons (Fsp3) is 0.333. The number of hydrazine groups is 1. The smallest absolute Gasteiger partial charge is 0.270 e. The third kappa shape index (κ3) is 3.11. The molecule has 21 heavy (non-hydrogen) atoms.